The fraction of sp³-hybridized carbons (Fsp3) is 0.222. The molecule has 0 aliphatic heterocycles. The van der Waals surface area contributed by atoms with Crippen LogP contribution in [0.1, 0.15) is 23.5 Å². The van der Waals surface area contributed by atoms with Gasteiger partial charge in [0.2, 0.25) is 5.91 Å². The first-order valence-corrected chi connectivity index (χ1v) is 7.79. The predicted octanol–water partition coefficient (Wildman–Crippen LogP) is 3.25. The number of benzene rings is 1. The first-order chi connectivity index (χ1) is 12.4. The average molecular weight is 358 g/mol. The zero-order valence-electron chi connectivity index (χ0n) is 14.4. The number of esters is 1. The summed E-state index contributed by atoms with van der Waals surface area (Å²) in [5, 5.41) is 13.5. The van der Waals surface area contributed by atoms with Gasteiger partial charge in [-0.1, -0.05) is 6.07 Å². The summed E-state index contributed by atoms with van der Waals surface area (Å²) in [6, 6.07) is 7.86. The van der Waals surface area contributed by atoms with Crippen LogP contribution in [0.25, 0.3) is 6.08 Å². The van der Waals surface area contributed by atoms with Crippen LogP contribution in [-0.4, -0.2) is 23.9 Å². The maximum absolute atomic E-state index is 12.0. The number of methoxy groups -OCH3 is 1. The molecule has 0 aliphatic rings. The van der Waals surface area contributed by atoms with Gasteiger partial charge in [-0.25, -0.2) is 0 Å². The number of ether oxygens (including phenoxy) is 1. The third kappa shape index (κ3) is 5.04. The molecule has 0 aliphatic carbocycles. The lowest BCUT2D eigenvalue weighted by molar-refractivity contribution is -0.385. The maximum Gasteiger partial charge on any atom is 0.305 e. The molecule has 0 bridgehead atoms. The lowest BCUT2D eigenvalue weighted by atomic mass is 10.1. The van der Waals surface area contributed by atoms with Gasteiger partial charge in [0, 0.05) is 18.6 Å². The molecule has 0 spiro atoms. The molecule has 2 rings (SSSR count). The summed E-state index contributed by atoms with van der Waals surface area (Å²) in [5.41, 5.74) is 0.683. The van der Waals surface area contributed by atoms with Crippen molar-refractivity contribution in [3.8, 4) is 0 Å². The van der Waals surface area contributed by atoms with E-state index in [2.05, 4.69) is 10.1 Å². The fourth-order valence-corrected chi connectivity index (χ4v) is 2.23. The first kappa shape index (κ1) is 18.9. The number of nitrogens with one attached hydrogen (secondary N) is 1. The summed E-state index contributed by atoms with van der Waals surface area (Å²) in [5.74, 6) is 0.284. The highest BCUT2D eigenvalue weighted by atomic mass is 16.6. The summed E-state index contributed by atoms with van der Waals surface area (Å²) >= 11 is 0. The van der Waals surface area contributed by atoms with Crippen molar-refractivity contribution in [1.29, 1.82) is 0 Å². The van der Waals surface area contributed by atoms with Gasteiger partial charge in [-0.05, 0) is 31.2 Å². The first-order valence-electron chi connectivity index (χ1n) is 7.79. The SMILES string of the molecule is COC(=O)CCc1ccc(/C=C/C(=O)Nc2cccc([N+](=O)[O-])c2C)o1. The van der Waals surface area contributed by atoms with Crippen molar-refractivity contribution >= 4 is 29.3 Å². The van der Waals surface area contributed by atoms with Crippen LogP contribution < -0.4 is 5.32 Å². The number of amides is 1. The average Bonchev–Trinajstić information content (AvgIpc) is 3.07. The van der Waals surface area contributed by atoms with Gasteiger partial charge in [0.05, 0.1) is 29.7 Å². The lowest BCUT2D eigenvalue weighted by Crippen LogP contribution is -2.09. The number of hydrogen-bond donors (Lipinski definition) is 1. The number of nitrogens with zero attached hydrogens (tertiary/aromatic N) is 1. The molecule has 8 nitrogen and oxygen atoms in total. The smallest absolute Gasteiger partial charge is 0.305 e. The summed E-state index contributed by atoms with van der Waals surface area (Å²) in [4.78, 5) is 33.5. The van der Waals surface area contributed by atoms with Crippen LogP contribution in [-0.2, 0) is 20.7 Å². The third-order valence-corrected chi connectivity index (χ3v) is 3.64. The van der Waals surface area contributed by atoms with E-state index in [1.165, 1.54) is 31.4 Å². The van der Waals surface area contributed by atoms with Crippen LogP contribution in [0, 0.1) is 17.0 Å². The Morgan fingerprint density at radius 1 is 1.31 bits per heavy atom. The van der Waals surface area contributed by atoms with Gasteiger partial charge in [0.1, 0.15) is 11.5 Å². The van der Waals surface area contributed by atoms with Crippen LogP contribution >= 0.6 is 0 Å². The summed E-state index contributed by atoms with van der Waals surface area (Å²) in [6.07, 6.45) is 3.35. The predicted molar refractivity (Wildman–Crippen MR) is 94.5 cm³/mol. The van der Waals surface area contributed by atoms with E-state index in [0.29, 0.717) is 29.2 Å². The van der Waals surface area contributed by atoms with Crippen molar-refractivity contribution < 1.29 is 23.7 Å². The van der Waals surface area contributed by atoms with Gasteiger partial charge in [-0.2, -0.15) is 0 Å². The zero-order chi connectivity index (χ0) is 19.1. The molecule has 1 N–H and O–H groups in total. The normalized spacial score (nSPS) is 10.7. The van der Waals surface area contributed by atoms with Crippen molar-refractivity contribution in [3.63, 3.8) is 0 Å². The summed E-state index contributed by atoms with van der Waals surface area (Å²) in [6.45, 7) is 1.57. The monoisotopic (exact) mass is 358 g/mol. The van der Waals surface area contributed by atoms with Crippen LogP contribution in [0.3, 0.4) is 0 Å². The van der Waals surface area contributed by atoms with E-state index < -0.39 is 10.8 Å². The van der Waals surface area contributed by atoms with E-state index in [4.69, 9.17) is 4.42 Å². The Hall–Kier alpha value is -3.42. The quantitative estimate of drug-likeness (QED) is 0.352. The van der Waals surface area contributed by atoms with E-state index in [0.717, 1.165) is 0 Å². The number of aryl methyl sites for hydroxylation is 1. The Morgan fingerprint density at radius 3 is 2.77 bits per heavy atom. The van der Waals surface area contributed by atoms with Gasteiger partial charge in [0.25, 0.3) is 5.69 Å². The summed E-state index contributed by atoms with van der Waals surface area (Å²) in [7, 11) is 1.32. The van der Waals surface area contributed by atoms with Crippen molar-refractivity contribution in [2.75, 3.05) is 12.4 Å². The number of carbonyl (C=O) groups excluding carboxylic acids is 2. The van der Waals surface area contributed by atoms with Crippen LogP contribution in [0.15, 0.2) is 40.8 Å². The number of nitro groups is 1. The molecule has 0 saturated heterocycles. The number of carbonyl (C=O) groups is 2. The lowest BCUT2D eigenvalue weighted by Gasteiger charge is -2.06. The minimum atomic E-state index is -0.500. The van der Waals surface area contributed by atoms with E-state index in [1.807, 2.05) is 0 Å². The molecule has 136 valence electrons. The van der Waals surface area contributed by atoms with Crippen LogP contribution in [0.2, 0.25) is 0 Å². The Kier molecular flexibility index (Phi) is 6.26. The Bertz CT molecular complexity index is 853. The van der Waals surface area contributed by atoms with Gasteiger partial charge in [-0.15, -0.1) is 0 Å². The minimum absolute atomic E-state index is 0.0620. The van der Waals surface area contributed by atoms with Crippen LogP contribution in [0.4, 0.5) is 11.4 Å². The summed E-state index contributed by atoms with van der Waals surface area (Å²) < 4.78 is 10.0. The second-order valence-corrected chi connectivity index (χ2v) is 5.41. The molecule has 1 amide bonds. The molecule has 0 unspecified atom stereocenters. The zero-order valence-corrected chi connectivity index (χ0v) is 14.4. The van der Waals surface area contributed by atoms with Gasteiger partial charge >= 0.3 is 5.97 Å². The van der Waals surface area contributed by atoms with Crippen molar-refractivity contribution in [2.24, 2.45) is 0 Å². The van der Waals surface area contributed by atoms with E-state index in [9.17, 15) is 19.7 Å². The number of rotatable bonds is 7. The third-order valence-electron chi connectivity index (χ3n) is 3.64. The van der Waals surface area contributed by atoms with Gasteiger partial charge < -0.3 is 14.5 Å². The molecular weight excluding hydrogens is 340 g/mol. The number of anilines is 1. The van der Waals surface area contributed by atoms with E-state index >= 15 is 0 Å². The molecule has 0 atom stereocenters. The highest BCUT2D eigenvalue weighted by Gasteiger charge is 2.14. The second-order valence-electron chi connectivity index (χ2n) is 5.41. The standard InChI is InChI=1S/C18H18N2O6/c1-12-15(4-3-5-16(12)20(23)24)19-17(21)10-8-13-6-7-14(26-13)9-11-18(22)25-2/h3-8,10H,9,11H2,1-2H3,(H,19,21)/b10-8+. The van der Waals surface area contributed by atoms with Crippen molar-refractivity contribution in [2.45, 2.75) is 19.8 Å². The maximum atomic E-state index is 12.0. The Balaban J connectivity index is 1.98. The van der Waals surface area contributed by atoms with E-state index in [-0.39, 0.29) is 18.1 Å². The second kappa shape index (κ2) is 8.61. The molecule has 26 heavy (non-hydrogen) atoms. The number of hydrogen-bond acceptors (Lipinski definition) is 6. The topological polar surface area (TPSA) is 112 Å². The molecular formula is C18H18N2O6. The molecule has 0 fully saturated rings. The molecule has 1 aromatic carbocycles. The Labute approximate surface area is 149 Å². The highest BCUT2D eigenvalue weighted by molar-refractivity contribution is 6.02. The molecule has 1 heterocycles. The molecule has 8 heteroatoms. The molecule has 0 radical (unpaired) electrons. The number of nitro benzene ring substituents is 1. The molecule has 2 aromatic rings. The fourth-order valence-electron chi connectivity index (χ4n) is 2.23. The largest absolute Gasteiger partial charge is 0.469 e. The molecule has 1 aromatic heterocycles. The van der Waals surface area contributed by atoms with Crippen LogP contribution in [0.5, 0.6) is 0 Å². The molecule has 0 saturated carbocycles. The van der Waals surface area contributed by atoms with Gasteiger partial charge in [-0.3, -0.25) is 19.7 Å². The Morgan fingerprint density at radius 2 is 2.08 bits per heavy atom. The highest BCUT2D eigenvalue weighted by Crippen LogP contribution is 2.25. The van der Waals surface area contributed by atoms with Crippen molar-refractivity contribution in [3.05, 3.63) is 63.6 Å². The van der Waals surface area contributed by atoms with Gasteiger partial charge in [0.15, 0.2) is 0 Å². The minimum Gasteiger partial charge on any atom is -0.469 e. The van der Waals surface area contributed by atoms with E-state index in [1.54, 1.807) is 25.1 Å². The number of furan rings is 1. The van der Waals surface area contributed by atoms with Crippen molar-refractivity contribution in [1.82, 2.24) is 0 Å².